The second kappa shape index (κ2) is 13.3. The lowest BCUT2D eigenvalue weighted by Crippen LogP contribution is -2.47. The van der Waals surface area contributed by atoms with Crippen molar-refractivity contribution < 1.29 is 13.6 Å². The van der Waals surface area contributed by atoms with Crippen LogP contribution >= 0.6 is 34.8 Å². The summed E-state index contributed by atoms with van der Waals surface area (Å²) in [6, 6.07) is 12.1. The summed E-state index contributed by atoms with van der Waals surface area (Å²) in [6.07, 6.45) is 5.90. The fourth-order valence-electron chi connectivity index (χ4n) is 5.20. The molecule has 0 spiro atoms. The topological polar surface area (TPSA) is 96.8 Å². The number of benzene rings is 2. The van der Waals surface area contributed by atoms with E-state index in [1.807, 2.05) is 22.2 Å². The van der Waals surface area contributed by atoms with Crippen molar-refractivity contribution >= 4 is 52.0 Å². The largest absolute Gasteiger partial charge is 0.759 e. The van der Waals surface area contributed by atoms with Crippen LogP contribution in [0.3, 0.4) is 0 Å². The maximum Gasteiger partial charge on any atom is 0.286 e. The molecule has 0 aliphatic carbocycles. The summed E-state index contributed by atoms with van der Waals surface area (Å²) in [5.41, 5.74) is 5.31. The number of halogens is 3. The minimum Gasteiger partial charge on any atom is -0.759 e. The van der Waals surface area contributed by atoms with Gasteiger partial charge in [0.15, 0.2) is 5.69 Å². The molecule has 214 valence electrons. The van der Waals surface area contributed by atoms with Crippen molar-refractivity contribution in [2.75, 3.05) is 26.2 Å². The molecule has 1 aromatic heterocycles. The van der Waals surface area contributed by atoms with E-state index in [0.29, 0.717) is 50.7 Å². The standard InChI is InChI=1S/C27H31Cl3N6O3S/c28-20-9-7-19(8-10-20)26-22(18-35(40(38)39)34-15-5-2-6-16-34)25(27(37)32-33-13-3-1-4-14-33)31-36(26)24-12-11-21(29)17-23(24)30/h7-12,17H,1-6,13-16,18H2,(H,32,37)(H,38,39)/p-1. The first kappa shape index (κ1) is 29.5. The van der Waals surface area contributed by atoms with Crippen molar-refractivity contribution in [1.29, 1.82) is 0 Å². The normalized spacial score (nSPS) is 17.7. The molecule has 0 saturated carbocycles. The molecule has 2 saturated heterocycles. The summed E-state index contributed by atoms with van der Waals surface area (Å²) in [7, 11) is 0. The van der Waals surface area contributed by atoms with Gasteiger partial charge in [-0.25, -0.2) is 14.7 Å². The van der Waals surface area contributed by atoms with Crippen LogP contribution in [-0.2, 0) is 17.8 Å². The van der Waals surface area contributed by atoms with E-state index in [4.69, 9.17) is 39.9 Å². The maximum atomic E-state index is 13.8. The first-order valence-corrected chi connectivity index (χ1v) is 15.5. The van der Waals surface area contributed by atoms with E-state index in [-0.39, 0.29) is 12.2 Å². The van der Waals surface area contributed by atoms with Crippen molar-refractivity contribution in [1.82, 2.24) is 29.6 Å². The number of rotatable bonds is 8. The molecule has 5 rings (SSSR count). The van der Waals surface area contributed by atoms with Crippen molar-refractivity contribution in [3.63, 3.8) is 0 Å². The zero-order valence-corrected chi connectivity index (χ0v) is 24.9. The lowest BCUT2D eigenvalue weighted by molar-refractivity contribution is 0.0303. The summed E-state index contributed by atoms with van der Waals surface area (Å²) < 4.78 is 28.0. The lowest BCUT2D eigenvalue weighted by atomic mass is 10.0. The van der Waals surface area contributed by atoms with Gasteiger partial charge in [-0.2, -0.15) is 9.51 Å². The predicted molar refractivity (Wildman–Crippen MR) is 157 cm³/mol. The van der Waals surface area contributed by atoms with E-state index < -0.39 is 17.2 Å². The molecule has 9 nitrogen and oxygen atoms in total. The number of amides is 1. The van der Waals surface area contributed by atoms with E-state index in [9.17, 15) is 13.6 Å². The zero-order chi connectivity index (χ0) is 28.2. The Morgan fingerprint density at radius 2 is 1.55 bits per heavy atom. The SMILES string of the molecule is O=C(NN1CCCCC1)c1nn(-c2ccc(Cl)cc2Cl)c(-c2ccc(Cl)cc2)c1CN(N1CCCCC1)S(=O)[O-]. The third-order valence-corrected chi connectivity index (χ3v) is 8.68. The number of piperidine rings is 2. The van der Waals surface area contributed by atoms with Gasteiger partial charge in [0.2, 0.25) is 0 Å². The highest BCUT2D eigenvalue weighted by Gasteiger charge is 2.30. The maximum absolute atomic E-state index is 13.8. The molecular weight excluding hydrogens is 595 g/mol. The molecule has 1 N–H and O–H groups in total. The fourth-order valence-corrected chi connectivity index (χ4v) is 6.40. The van der Waals surface area contributed by atoms with Gasteiger partial charge in [0.25, 0.3) is 5.91 Å². The first-order valence-electron chi connectivity index (χ1n) is 13.3. The average Bonchev–Trinajstić information content (AvgIpc) is 3.32. The minimum absolute atomic E-state index is 0.0813. The lowest BCUT2D eigenvalue weighted by Gasteiger charge is -2.38. The van der Waals surface area contributed by atoms with Crippen LogP contribution in [0.5, 0.6) is 0 Å². The van der Waals surface area contributed by atoms with Crippen molar-refractivity contribution in [2.24, 2.45) is 0 Å². The molecule has 2 aliphatic heterocycles. The van der Waals surface area contributed by atoms with Crippen LogP contribution in [0, 0.1) is 0 Å². The minimum atomic E-state index is -2.57. The smallest absolute Gasteiger partial charge is 0.286 e. The molecule has 2 aliphatic rings. The highest BCUT2D eigenvalue weighted by atomic mass is 35.5. The summed E-state index contributed by atoms with van der Waals surface area (Å²) in [5.74, 6) is -0.411. The molecule has 1 amide bonds. The van der Waals surface area contributed by atoms with Gasteiger partial charge in [-0.05, 0) is 56.0 Å². The average molecular weight is 625 g/mol. The second-order valence-corrected chi connectivity index (χ2v) is 12.1. The van der Waals surface area contributed by atoms with Gasteiger partial charge >= 0.3 is 0 Å². The van der Waals surface area contributed by atoms with Gasteiger partial charge in [-0.15, -0.1) is 0 Å². The molecule has 0 radical (unpaired) electrons. The molecule has 3 aromatic rings. The Balaban J connectivity index is 1.68. The Bertz CT molecular complexity index is 1370. The Labute approximate surface area is 251 Å². The molecule has 3 heterocycles. The fraction of sp³-hybridized carbons (Fsp3) is 0.407. The molecular formula is C27H30Cl3N6O3S-. The number of carbonyl (C=O) groups excluding carboxylic acids is 1. The van der Waals surface area contributed by atoms with E-state index in [2.05, 4.69) is 5.43 Å². The molecule has 2 fully saturated rings. The van der Waals surface area contributed by atoms with Crippen molar-refractivity contribution in [2.45, 2.75) is 45.1 Å². The van der Waals surface area contributed by atoms with Crippen LogP contribution in [-0.4, -0.2) is 65.1 Å². The Morgan fingerprint density at radius 3 is 2.17 bits per heavy atom. The first-order chi connectivity index (χ1) is 19.3. The van der Waals surface area contributed by atoms with Gasteiger partial charge in [0, 0.05) is 58.6 Å². The molecule has 0 bridgehead atoms. The van der Waals surface area contributed by atoms with Crippen LogP contribution in [0.2, 0.25) is 15.1 Å². The number of hydrogen-bond acceptors (Lipinski definition) is 6. The quantitative estimate of drug-likeness (QED) is 0.327. The monoisotopic (exact) mass is 623 g/mol. The van der Waals surface area contributed by atoms with Crippen LogP contribution in [0.1, 0.15) is 54.6 Å². The van der Waals surface area contributed by atoms with Gasteiger partial charge in [0.1, 0.15) is 0 Å². The third-order valence-electron chi connectivity index (χ3n) is 7.18. The van der Waals surface area contributed by atoms with E-state index in [1.165, 1.54) is 4.41 Å². The number of nitrogens with zero attached hydrogens (tertiary/aromatic N) is 5. The molecule has 13 heteroatoms. The molecule has 40 heavy (non-hydrogen) atoms. The van der Waals surface area contributed by atoms with Gasteiger partial charge in [0.05, 0.1) is 22.9 Å². The van der Waals surface area contributed by atoms with Gasteiger partial charge < -0.3 is 4.55 Å². The Morgan fingerprint density at radius 1 is 0.925 bits per heavy atom. The van der Waals surface area contributed by atoms with Crippen molar-refractivity contribution in [3.8, 4) is 16.9 Å². The zero-order valence-electron chi connectivity index (χ0n) is 21.8. The highest BCUT2D eigenvalue weighted by molar-refractivity contribution is 7.76. The third kappa shape index (κ3) is 6.71. The Hall–Kier alpha value is -2.02. The van der Waals surface area contributed by atoms with Gasteiger partial charge in [-0.3, -0.25) is 14.4 Å². The number of aromatic nitrogens is 2. The van der Waals surface area contributed by atoms with E-state index >= 15 is 0 Å². The summed E-state index contributed by atoms with van der Waals surface area (Å²) in [5, 5.41) is 9.80. The van der Waals surface area contributed by atoms with Crippen LogP contribution in [0.15, 0.2) is 42.5 Å². The number of hydrogen-bond donors (Lipinski definition) is 1. The van der Waals surface area contributed by atoms with Crippen LogP contribution in [0.25, 0.3) is 16.9 Å². The number of hydrazine groups is 2. The van der Waals surface area contributed by atoms with Crippen LogP contribution < -0.4 is 5.43 Å². The highest BCUT2D eigenvalue weighted by Crippen LogP contribution is 2.35. The molecule has 1 atom stereocenters. The Kier molecular flexibility index (Phi) is 9.80. The summed E-state index contributed by atoms with van der Waals surface area (Å²) in [6.45, 7) is 2.61. The van der Waals surface area contributed by atoms with E-state index in [1.54, 1.807) is 35.0 Å². The predicted octanol–water partition coefficient (Wildman–Crippen LogP) is 5.63. The van der Waals surface area contributed by atoms with Crippen molar-refractivity contribution in [3.05, 3.63) is 68.8 Å². The van der Waals surface area contributed by atoms with Crippen LogP contribution in [0.4, 0.5) is 0 Å². The second-order valence-electron chi connectivity index (χ2n) is 9.92. The molecule has 1 unspecified atom stereocenters. The molecule has 2 aromatic carbocycles. The summed E-state index contributed by atoms with van der Waals surface area (Å²) >= 11 is 16.4. The number of carbonyl (C=O) groups is 1. The van der Waals surface area contributed by atoms with E-state index in [0.717, 1.165) is 51.6 Å². The van der Waals surface area contributed by atoms with Gasteiger partial charge in [-0.1, -0.05) is 59.8 Å². The summed E-state index contributed by atoms with van der Waals surface area (Å²) in [4.78, 5) is 13.8. The number of nitrogens with one attached hydrogen (secondary N) is 1.